The second-order valence-corrected chi connectivity index (χ2v) is 2.84. The second-order valence-electron chi connectivity index (χ2n) is 2.84. The van der Waals surface area contributed by atoms with Crippen LogP contribution in [0.15, 0.2) is 24.6 Å². The van der Waals surface area contributed by atoms with Crippen molar-refractivity contribution in [1.82, 2.24) is 4.90 Å². The van der Waals surface area contributed by atoms with Gasteiger partial charge >= 0.3 is 0 Å². The maximum Gasteiger partial charge on any atom is 0.121 e. The van der Waals surface area contributed by atoms with E-state index in [1.165, 1.54) is 12.0 Å². The molecule has 12 heavy (non-hydrogen) atoms. The van der Waals surface area contributed by atoms with Crippen LogP contribution in [0, 0.1) is 0 Å². The number of nitrogens with zero attached hydrogens (tertiary/aromatic N) is 1. The van der Waals surface area contributed by atoms with Crippen LogP contribution in [0.2, 0.25) is 0 Å². The quantitative estimate of drug-likeness (QED) is 0.567. The Bertz CT molecular complexity index is 152. The van der Waals surface area contributed by atoms with Crippen LogP contribution >= 0.6 is 0 Å². The van der Waals surface area contributed by atoms with Crippen LogP contribution in [0.4, 0.5) is 0 Å². The average molecular weight is 169 g/mol. The summed E-state index contributed by atoms with van der Waals surface area (Å²) in [5.41, 5.74) is 1.36. The molecule has 0 bridgehead atoms. The molecule has 2 heteroatoms. The molecular weight excluding hydrogens is 150 g/mol. The zero-order valence-corrected chi connectivity index (χ0v) is 8.34. The van der Waals surface area contributed by atoms with Gasteiger partial charge in [0.05, 0.1) is 0 Å². The maximum absolute atomic E-state index is 4.98. The van der Waals surface area contributed by atoms with E-state index in [9.17, 15) is 0 Å². The normalized spacial score (nSPS) is 11.4. The zero-order chi connectivity index (χ0) is 9.40. The minimum atomic E-state index is 0.574. The lowest BCUT2D eigenvalue weighted by atomic mass is 10.2. The number of ether oxygens (including phenoxy) is 1. The standard InChI is InChI=1S/C10H19NO/c1-5-7-10(3)8-11(6-2)9-12-4/h6,8H,2,5,7,9H2,1,3-4H3/b10-8+. The van der Waals surface area contributed by atoms with E-state index in [4.69, 9.17) is 4.74 Å². The monoisotopic (exact) mass is 169 g/mol. The minimum Gasteiger partial charge on any atom is -0.364 e. The molecule has 0 spiro atoms. The Morgan fingerprint density at radius 3 is 2.67 bits per heavy atom. The molecule has 0 aromatic carbocycles. The van der Waals surface area contributed by atoms with Gasteiger partial charge in [-0.05, 0) is 19.5 Å². The van der Waals surface area contributed by atoms with Crippen LogP contribution in [0.5, 0.6) is 0 Å². The molecule has 0 saturated carbocycles. The van der Waals surface area contributed by atoms with E-state index in [1.807, 2.05) is 4.90 Å². The van der Waals surface area contributed by atoms with Crippen LogP contribution in [-0.4, -0.2) is 18.7 Å². The highest BCUT2D eigenvalue weighted by molar-refractivity contribution is 4.98. The van der Waals surface area contributed by atoms with Crippen molar-refractivity contribution in [3.63, 3.8) is 0 Å². The van der Waals surface area contributed by atoms with Gasteiger partial charge in [0.2, 0.25) is 0 Å². The molecule has 0 aliphatic carbocycles. The summed E-state index contributed by atoms with van der Waals surface area (Å²) < 4.78 is 4.98. The SMILES string of the molecule is C=CN(/C=C(\C)CCC)COC. The summed E-state index contributed by atoms with van der Waals surface area (Å²) in [5, 5.41) is 0. The van der Waals surface area contributed by atoms with Gasteiger partial charge in [0, 0.05) is 13.3 Å². The van der Waals surface area contributed by atoms with Crippen LogP contribution < -0.4 is 0 Å². The molecule has 0 atom stereocenters. The van der Waals surface area contributed by atoms with Crippen molar-refractivity contribution in [2.24, 2.45) is 0 Å². The summed E-state index contributed by atoms with van der Waals surface area (Å²) in [7, 11) is 1.68. The van der Waals surface area contributed by atoms with Gasteiger partial charge in [-0.2, -0.15) is 0 Å². The molecule has 2 nitrogen and oxygen atoms in total. The van der Waals surface area contributed by atoms with E-state index in [2.05, 4.69) is 26.6 Å². The van der Waals surface area contributed by atoms with E-state index in [1.54, 1.807) is 13.3 Å². The Balaban J connectivity index is 3.95. The van der Waals surface area contributed by atoms with Crippen molar-refractivity contribution in [3.8, 4) is 0 Å². The molecule has 0 aromatic heterocycles. The fourth-order valence-electron chi connectivity index (χ4n) is 1.03. The average Bonchev–Trinajstić information content (AvgIpc) is 2.04. The minimum absolute atomic E-state index is 0.574. The van der Waals surface area contributed by atoms with Gasteiger partial charge in [-0.1, -0.05) is 25.5 Å². The lowest BCUT2D eigenvalue weighted by Gasteiger charge is -2.14. The van der Waals surface area contributed by atoms with Crippen LogP contribution in [0.3, 0.4) is 0 Å². The van der Waals surface area contributed by atoms with Gasteiger partial charge in [-0.3, -0.25) is 0 Å². The molecule has 0 fully saturated rings. The van der Waals surface area contributed by atoms with Gasteiger partial charge in [-0.25, -0.2) is 0 Å². The lowest BCUT2D eigenvalue weighted by Crippen LogP contribution is -2.12. The molecule has 0 unspecified atom stereocenters. The van der Waals surface area contributed by atoms with Crippen molar-refractivity contribution in [2.45, 2.75) is 26.7 Å². The molecule has 0 amide bonds. The third-order valence-corrected chi connectivity index (χ3v) is 1.54. The maximum atomic E-state index is 4.98. The van der Waals surface area contributed by atoms with E-state index in [-0.39, 0.29) is 0 Å². The van der Waals surface area contributed by atoms with Crippen LogP contribution in [0.1, 0.15) is 26.7 Å². The van der Waals surface area contributed by atoms with E-state index in [0.29, 0.717) is 6.73 Å². The topological polar surface area (TPSA) is 12.5 Å². The molecular formula is C10H19NO. The largest absolute Gasteiger partial charge is 0.364 e. The van der Waals surface area contributed by atoms with Crippen LogP contribution in [-0.2, 0) is 4.74 Å². The molecule has 0 N–H and O–H groups in total. The molecule has 0 rings (SSSR count). The van der Waals surface area contributed by atoms with Gasteiger partial charge in [0.25, 0.3) is 0 Å². The molecule has 0 saturated heterocycles. The summed E-state index contributed by atoms with van der Waals surface area (Å²) in [4.78, 5) is 1.94. The first-order valence-corrected chi connectivity index (χ1v) is 4.29. The predicted molar refractivity (Wildman–Crippen MR) is 52.6 cm³/mol. The smallest absolute Gasteiger partial charge is 0.121 e. The number of hydrogen-bond acceptors (Lipinski definition) is 2. The molecule has 70 valence electrons. The second kappa shape index (κ2) is 6.92. The summed E-state index contributed by atoms with van der Waals surface area (Å²) in [6.07, 6.45) is 6.15. The third-order valence-electron chi connectivity index (χ3n) is 1.54. The van der Waals surface area contributed by atoms with E-state index < -0.39 is 0 Å². The summed E-state index contributed by atoms with van der Waals surface area (Å²) in [6, 6.07) is 0. The first-order valence-electron chi connectivity index (χ1n) is 4.29. The molecule has 0 aromatic rings. The Labute approximate surface area is 75.5 Å². The first-order chi connectivity index (χ1) is 5.74. The zero-order valence-electron chi connectivity index (χ0n) is 8.34. The summed E-state index contributed by atoms with van der Waals surface area (Å²) >= 11 is 0. The third kappa shape index (κ3) is 4.97. The highest BCUT2D eigenvalue weighted by Gasteiger charge is 1.93. The molecule has 0 aliphatic heterocycles. The van der Waals surface area contributed by atoms with Crippen molar-refractivity contribution in [1.29, 1.82) is 0 Å². The van der Waals surface area contributed by atoms with Gasteiger partial charge in [0.1, 0.15) is 6.73 Å². The molecule has 0 heterocycles. The highest BCUT2D eigenvalue weighted by atomic mass is 16.5. The first kappa shape index (κ1) is 11.2. The lowest BCUT2D eigenvalue weighted by molar-refractivity contribution is 0.123. The Morgan fingerprint density at radius 2 is 2.25 bits per heavy atom. The predicted octanol–water partition coefficient (Wildman–Crippen LogP) is 2.74. The van der Waals surface area contributed by atoms with Crippen molar-refractivity contribution in [3.05, 3.63) is 24.6 Å². The van der Waals surface area contributed by atoms with Crippen molar-refractivity contribution < 1.29 is 4.74 Å². The Kier molecular flexibility index (Phi) is 6.48. The molecule has 0 aliphatic rings. The highest BCUT2D eigenvalue weighted by Crippen LogP contribution is 2.05. The van der Waals surface area contributed by atoms with Gasteiger partial charge in [0.15, 0.2) is 0 Å². The summed E-state index contributed by atoms with van der Waals surface area (Å²) in [5.74, 6) is 0. The summed E-state index contributed by atoms with van der Waals surface area (Å²) in [6.45, 7) is 8.56. The van der Waals surface area contributed by atoms with Gasteiger partial charge in [-0.15, -0.1) is 0 Å². The number of methoxy groups -OCH3 is 1. The molecule has 0 radical (unpaired) electrons. The van der Waals surface area contributed by atoms with Gasteiger partial charge < -0.3 is 9.64 Å². The number of allylic oxidation sites excluding steroid dienone is 1. The Morgan fingerprint density at radius 1 is 1.58 bits per heavy atom. The van der Waals surface area contributed by atoms with Crippen LogP contribution in [0.25, 0.3) is 0 Å². The van der Waals surface area contributed by atoms with Crippen molar-refractivity contribution in [2.75, 3.05) is 13.8 Å². The number of hydrogen-bond donors (Lipinski definition) is 0. The fourth-order valence-corrected chi connectivity index (χ4v) is 1.03. The van der Waals surface area contributed by atoms with E-state index in [0.717, 1.165) is 6.42 Å². The number of rotatable bonds is 6. The Hall–Kier alpha value is -0.760. The fraction of sp³-hybridized carbons (Fsp3) is 0.600. The van der Waals surface area contributed by atoms with Crippen molar-refractivity contribution >= 4 is 0 Å². The van der Waals surface area contributed by atoms with E-state index >= 15 is 0 Å².